The number of piperidine rings is 1. The van der Waals surface area contributed by atoms with Gasteiger partial charge in [0.15, 0.2) is 0 Å². The summed E-state index contributed by atoms with van der Waals surface area (Å²) in [6.45, 7) is -0.0724. The lowest BCUT2D eigenvalue weighted by atomic mass is 10.1. The van der Waals surface area contributed by atoms with Crippen molar-refractivity contribution >= 4 is 40.9 Å². The number of aromatic nitrogens is 1. The van der Waals surface area contributed by atoms with Crippen LogP contribution in [0.25, 0.3) is 0 Å². The first-order valence-corrected chi connectivity index (χ1v) is 10.2. The third-order valence-electron chi connectivity index (χ3n) is 4.45. The van der Waals surface area contributed by atoms with Crippen molar-refractivity contribution in [1.29, 1.82) is 0 Å². The van der Waals surface area contributed by atoms with E-state index in [1.807, 2.05) is 6.26 Å². The normalized spacial score (nSPS) is 15.9. The number of amides is 2. The molecule has 2 amide bonds. The summed E-state index contributed by atoms with van der Waals surface area (Å²) in [5.41, 5.74) is 0.966. The molecule has 1 aliphatic rings. The number of rotatable bonds is 4. The number of benzene rings is 1. The predicted octanol–water partition coefficient (Wildman–Crippen LogP) is 4.58. The Morgan fingerprint density at radius 2 is 1.93 bits per heavy atom. The molecule has 9 heteroatoms. The molecule has 1 saturated heterocycles. The van der Waals surface area contributed by atoms with Gasteiger partial charge in [-0.2, -0.15) is 0 Å². The monoisotopic (exact) mass is 425 g/mol. The molecule has 5 nitrogen and oxygen atoms in total. The topological polar surface area (TPSA) is 62.3 Å². The minimum Gasteiger partial charge on any atom is -0.338 e. The number of hydrogen-bond donors (Lipinski definition) is 1. The first-order valence-electron chi connectivity index (χ1n) is 8.58. The van der Waals surface area contributed by atoms with Gasteiger partial charge >= 0.3 is 0 Å². The molecule has 148 valence electrons. The van der Waals surface area contributed by atoms with Crippen LogP contribution in [0.3, 0.4) is 0 Å². The molecule has 1 fully saturated rings. The highest BCUT2D eigenvalue weighted by Gasteiger charge is 2.36. The fourth-order valence-corrected chi connectivity index (χ4v) is 3.64. The van der Waals surface area contributed by atoms with Crippen molar-refractivity contribution in [2.45, 2.75) is 23.8 Å². The summed E-state index contributed by atoms with van der Waals surface area (Å²) >= 11 is 7.49. The molecule has 0 bridgehead atoms. The van der Waals surface area contributed by atoms with Gasteiger partial charge in [0.2, 0.25) is 0 Å². The third-order valence-corrected chi connectivity index (χ3v) is 5.49. The molecule has 0 radical (unpaired) electrons. The summed E-state index contributed by atoms with van der Waals surface area (Å²) in [6.07, 6.45) is 2.68. The number of alkyl halides is 2. The van der Waals surface area contributed by atoms with E-state index in [2.05, 4.69) is 10.3 Å². The summed E-state index contributed by atoms with van der Waals surface area (Å²) in [7, 11) is 0. The van der Waals surface area contributed by atoms with Crippen LogP contribution < -0.4 is 5.32 Å². The van der Waals surface area contributed by atoms with Gasteiger partial charge in [-0.1, -0.05) is 11.6 Å². The number of thioether (sulfide) groups is 1. The maximum atomic E-state index is 13.3. The zero-order valence-corrected chi connectivity index (χ0v) is 16.6. The molecule has 1 aromatic heterocycles. The molecule has 0 saturated carbocycles. The molecular weight excluding hydrogens is 408 g/mol. The quantitative estimate of drug-likeness (QED) is 0.728. The minimum atomic E-state index is -2.74. The van der Waals surface area contributed by atoms with Gasteiger partial charge in [0.1, 0.15) is 5.03 Å². The average Bonchev–Trinajstić information content (AvgIpc) is 2.68. The Bertz CT molecular complexity index is 900. The Morgan fingerprint density at radius 1 is 1.21 bits per heavy atom. The highest BCUT2D eigenvalue weighted by molar-refractivity contribution is 7.98. The first-order chi connectivity index (χ1) is 13.3. The Balaban J connectivity index is 1.78. The van der Waals surface area contributed by atoms with Crippen LogP contribution in [0.2, 0.25) is 5.02 Å². The van der Waals surface area contributed by atoms with Gasteiger partial charge in [0.25, 0.3) is 17.7 Å². The van der Waals surface area contributed by atoms with Crippen LogP contribution in [0.1, 0.15) is 33.6 Å². The fraction of sp³-hybridized carbons (Fsp3) is 0.316. The second-order valence-electron chi connectivity index (χ2n) is 6.36. The molecule has 0 unspecified atom stereocenters. The van der Waals surface area contributed by atoms with Gasteiger partial charge in [-0.3, -0.25) is 9.59 Å². The van der Waals surface area contributed by atoms with E-state index >= 15 is 0 Å². The lowest BCUT2D eigenvalue weighted by Gasteiger charge is -2.32. The maximum Gasteiger partial charge on any atom is 0.258 e. The maximum absolute atomic E-state index is 13.3. The smallest absolute Gasteiger partial charge is 0.258 e. The lowest BCUT2D eigenvalue weighted by molar-refractivity contribution is -0.0494. The van der Waals surface area contributed by atoms with E-state index in [0.29, 0.717) is 16.3 Å². The summed E-state index contributed by atoms with van der Waals surface area (Å²) in [5.74, 6) is -3.53. The number of nitrogens with one attached hydrogen (secondary N) is 1. The molecule has 28 heavy (non-hydrogen) atoms. The number of nitrogens with zero attached hydrogens (tertiary/aromatic N) is 2. The standard InChI is InChI=1S/C19H18ClF2N3O2S/c1-28-17-13(3-2-8-23-17)16(26)24-12-4-5-15(20)14(11-12)18(27)25-9-6-19(21,22)7-10-25/h2-5,8,11H,6-7,9-10H2,1H3,(H,24,26). The summed E-state index contributed by atoms with van der Waals surface area (Å²) in [4.78, 5) is 30.8. The lowest BCUT2D eigenvalue weighted by Crippen LogP contribution is -2.42. The van der Waals surface area contributed by atoms with Crippen LogP contribution in [0.5, 0.6) is 0 Å². The molecule has 2 heterocycles. The van der Waals surface area contributed by atoms with Crippen molar-refractivity contribution in [3.8, 4) is 0 Å². The number of anilines is 1. The summed E-state index contributed by atoms with van der Waals surface area (Å²) < 4.78 is 26.7. The number of carbonyl (C=O) groups excluding carboxylic acids is 2. The van der Waals surface area contributed by atoms with Crippen molar-refractivity contribution in [2.24, 2.45) is 0 Å². The Kier molecular flexibility index (Phi) is 6.20. The summed E-state index contributed by atoms with van der Waals surface area (Å²) in [5, 5.41) is 3.51. The van der Waals surface area contributed by atoms with Crippen LogP contribution in [-0.2, 0) is 0 Å². The third kappa shape index (κ3) is 4.62. The SMILES string of the molecule is CSc1ncccc1C(=O)Nc1ccc(Cl)c(C(=O)N2CCC(F)(F)CC2)c1. The van der Waals surface area contributed by atoms with E-state index in [1.54, 1.807) is 24.4 Å². The Hall–Kier alpha value is -2.19. The summed E-state index contributed by atoms with van der Waals surface area (Å²) in [6, 6.07) is 7.87. The first kappa shape index (κ1) is 20.5. The molecule has 0 spiro atoms. The second-order valence-corrected chi connectivity index (χ2v) is 7.56. The average molecular weight is 426 g/mol. The van der Waals surface area contributed by atoms with Gasteiger partial charge in [-0.15, -0.1) is 11.8 Å². The highest BCUT2D eigenvalue weighted by atomic mass is 35.5. The van der Waals surface area contributed by atoms with E-state index in [9.17, 15) is 18.4 Å². The van der Waals surface area contributed by atoms with Gasteiger partial charge in [0, 0.05) is 37.8 Å². The molecule has 2 aromatic rings. The van der Waals surface area contributed by atoms with Crippen molar-refractivity contribution in [3.05, 3.63) is 52.7 Å². The molecular formula is C19H18ClF2N3O2S. The van der Waals surface area contributed by atoms with Crippen LogP contribution in [0.15, 0.2) is 41.6 Å². The van der Waals surface area contributed by atoms with Crippen LogP contribution in [0.4, 0.5) is 14.5 Å². The predicted molar refractivity (Wildman–Crippen MR) is 106 cm³/mol. The highest BCUT2D eigenvalue weighted by Crippen LogP contribution is 2.30. The fourth-order valence-electron chi connectivity index (χ4n) is 2.90. The number of hydrogen-bond acceptors (Lipinski definition) is 4. The van der Waals surface area contributed by atoms with Gasteiger partial charge in [-0.05, 0) is 36.6 Å². The molecule has 0 aliphatic carbocycles. The van der Waals surface area contributed by atoms with E-state index in [0.717, 1.165) is 0 Å². The largest absolute Gasteiger partial charge is 0.338 e. The van der Waals surface area contributed by atoms with Gasteiger partial charge in [-0.25, -0.2) is 13.8 Å². The zero-order chi connectivity index (χ0) is 20.3. The molecule has 1 aliphatic heterocycles. The van der Waals surface area contributed by atoms with E-state index < -0.39 is 11.8 Å². The van der Waals surface area contributed by atoms with Crippen LogP contribution in [-0.4, -0.2) is 47.0 Å². The number of likely N-dealkylation sites (tertiary alicyclic amines) is 1. The van der Waals surface area contributed by atoms with Crippen molar-refractivity contribution in [1.82, 2.24) is 9.88 Å². The number of carbonyl (C=O) groups is 2. The second kappa shape index (κ2) is 8.45. The molecule has 3 rings (SSSR count). The van der Waals surface area contributed by atoms with E-state index in [4.69, 9.17) is 11.6 Å². The Labute approximate surface area is 170 Å². The molecule has 1 aromatic carbocycles. The van der Waals surface area contributed by atoms with Gasteiger partial charge < -0.3 is 10.2 Å². The van der Waals surface area contributed by atoms with Crippen molar-refractivity contribution in [2.75, 3.05) is 24.7 Å². The van der Waals surface area contributed by atoms with Crippen LogP contribution in [0, 0.1) is 0 Å². The Morgan fingerprint density at radius 3 is 2.61 bits per heavy atom. The number of pyridine rings is 1. The van der Waals surface area contributed by atoms with Crippen molar-refractivity contribution in [3.63, 3.8) is 0 Å². The minimum absolute atomic E-state index is 0.0362. The molecule has 0 atom stereocenters. The van der Waals surface area contributed by atoms with Gasteiger partial charge in [0.05, 0.1) is 16.1 Å². The van der Waals surface area contributed by atoms with E-state index in [-0.39, 0.29) is 42.4 Å². The van der Waals surface area contributed by atoms with Crippen LogP contribution >= 0.6 is 23.4 Å². The molecule has 1 N–H and O–H groups in total. The van der Waals surface area contributed by atoms with Crippen molar-refractivity contribution < 1.29 is 18.4 Å². The van der Waals surface area contributed by atoms with E-state index in [1.165, 1.54) is 28.8 Å². The zero-order valence-electron chi connectivity index (χ0n) is 15.0. The number of halogens is 3.